The fourth-order valence-electron chi connectivity index (χ4n) is 4.66. The van der Waals surface area contributed by atoms with Crippen LogP contribution in [0.15, 0.2) is 78.9 Å². The zero-order valence-electron chi connectivity index (χ0n) is 25.3. The van der Waals surface area contributed by atoms with Crippen molar-refractivity contribution >= 4 is 27.5 Å². The molecule has 10 heteroatoms. The Kier molecular flexibility index (Phi) is 12.5. The first-order valence-corrected chi connectivity index (χ1v) is 16.4. The average molecular weight is 612 g/mol. The van der Waals surface area contributed by atoms with E-state index in [4.69, 9.17) is 4.74 Å². The highest BCUT2D eigenvalue weighted by Gasteiger charge is 2.31. The van der Waals surface area contributed by atoms with Crippen LogP contribution in [0.3, 0.4) is 0 Å². The summed E-state index contributed by atoms with van der Waals surface area (Å²) in [6, 6.07) is 21.1. The molecule has 0 aliphatic heterocycles. The summed E-state index contributed by atoms with van der Waals surface area (Å²) in [5.41, 5.74) is 2.04. The van der Waals surface area contributed by atoms with E-state index in [0.717, 1.165) is 18.2 Å². The second-order valence-electron chi connectivity index (χ2n) is 10.5. The van der Waals surface area contributed by atoms with Gasteiger partial charge in [-0.3, -0.25) is 13.9 Å². The lowest BCUT2D eigenvalue weighted by Crippen LogP contribution is -2.52. The van der Waals surface area contributed by atoms with Gasteiger partial charge in [0, 0.05) is 32.0 Å². The molecule has 0 radical (unpaired) electrons. The van der Waals surface area contributed by atoms with Crippen molar-refractivity contribution in [2.75, 3.05) is 23.7 Å². The van der Waals surface area contributed by atoms with Crippen molar-refractivity contribution in [3.8, 4) is 5.75 Å². The van der Waals surface area contributed by atoms with E-state index in [0.29, 0.717) is 23.6 Å². The standard InChI is InChI=1S/C33H42FN3O5S/c1-5-25(3)35-33(39)31(23-26-11-8-7-9-12-26)36(24-27-14-16-28(34)17-15-27)32(38)13-10-22-37(43(4,40)41)29-18-20-30(21-19-29)42-6-2/h7-9,11-12,14-21,25,31H,5-6,10,13,22-24H2,1-4H3,(H,35,39). The van der Waals surface area contributed by atoms with Gasteiger partial charge in [0.2, 0.25) is 21.8 Å². The van der Waals surface area contributed by atoms with Gasteiger partial charge in [0.15, 0.2) is 0 Å². The van der Waals surface area contributed by atoms with Gasteiger partial charge in [0.25, 0.3) is 0 Å². The molecule has 0 aromatic heterocycles. The molecule has 232 valence electrons. The lowest BCUT2D eigenvalue weighted by atomic mass is 10.0. The Morgan fingerprint density at radius 1 is 0.930 bits per heavy atom. The van der Waals surface area contributed by atoms with Crippen LogP contribution >= 0.6 is 0 Å². The molecule has 3 aromatic rings. The number of hydrogen-bond donors (Lipinski definition) is 1. The van der Waals surface area contributed by atoms with Gasteiger partial charge in [-0.1, -0.05) is 49.4 Å². The van der Waals surface area contributed by atoms with Crippen molar-refractivity contribution in [2.24, 2.45) is 0 Å². The smallest absolute Gasteiger partial charge is 0.243 e. The lowest BCUT2D eigenvalue weighted by Gasteiger charge is -2.32. The second kappa shape index (κ2) is 16.1. The number of ether oxygens (including phenoxy) is 1. The number of benzene rings is 3. The van der Waals surface area contributed by atoms with E-state index in [1.165, 1.54) is 21.3 Å². The molecule has 2 atom stereocenters. The molecule has 8 nitrogen and oxygen atoms in total. The molecule has 0 aliphatic rings. The Labute approximate surface area is 254 Å². The highest BCUT2D eigenvalue weighted by molar-refractivity contribution is 7.92. The van der Waals surface area contributed by atoms with Crippen molar-refractivity contribution in [3.63, 3.8) is 0 Å². The Morgan fingerprint density at radius 3 is 2.16 bits per heavy atom. The minimum atomic E-state index is -3.63. The minimum Gasteiger partial charge on any atom is -0.494 e. The summed E-state index contributed by atoms with van der Waals surface area (Å²) in [7, 11) is -3.63. The van der Waals surface area contributed by atoms with E-state index in [9.17, 15) is 22.4 Å². The zero-order valence-corrected chi connectivity index (χ0v) is 26.1. The number of sulfonamides is 1. The van der Waals surface area contributed by atoms with E-state index in [1.807, 2.05) is 51.1 Å². The van der Waals surface area contributed by atoms with Gasteiger partial charge in [-0.05, 0) is 74.2 Å². The predicted octanol–water partition coefficient (Wildman–Crippen LogP) is 5.33. The zero-order chi connectivity index (χ0) is 31.4. The summed E-state index contributed by atoms with van der Waals surface area (Å²) >= 11 is 0. The third kappa shape index (κ3) is 10.4. The molecule has 2 amide bonds. The van der Waals surface area contributed by atoms with Crippen molar-refractivity contribution < 1.29 is 27.1 Å². The number of nitrogens with one attached hydrogen (secondary N) is 1. The van der Waals surface area contributed by atoms with Crippen LogP contribution in [-0.4, -0.2) is 56.6 Å². The summed E-state index contributed by atoms with van der Waals surface area (Å²) in [4.78, 5) is 29.0. The molecule has 3 aromatic carbocycles. The number of anilines is 1. The van der Waals surface area contributed by atoms with Crippen molar-refractivity contribution in [3.05, 3.63) is 95.8 Å². The Balaban J connectivity index is 1.86. The van der Waals surface area contributed by atoms with Crippen LogP contribution in [0.25, 0.3) is 0 Å². The molecule has 1 N–H and O–H groups in total. The van der Waals surface area contributed by atoms with E-state index in [2.05, 4.69) is 5.32 Å². The van der Waals surface area contributed by atoms with Crippen molar-refractivity contribution in [1.29, 1.82) is 0 Å². The first kappa shape index (κ1) is 33.6. The van der Waals surface area contributed by atoms with Crippen LogP contribution in [0, 0.1) is 5.82 Å². The highest BCUT2D eigenvalue weighted by Crippen LogP contribution is 2.23. The largest absolute Gasteiger partial charge is 0.494 e. The van der Waals surface area contributed by atoms with Gasteiger partial charge < -0.3 is 15.0 Å². The Morgan fingerprint density at radius 2 is 1.58 bits per heavy atom. The normalized spacial score (nSPS) is 12.7. The van der Waals surface area contributed by atoms with Crippen LogP contribution in [0.2, 0.25) is 0 Å². The molecule has 0 spiro atoms. The summed E-state index contributed by atoms with van der Waals surface area (Å²) in [6.07, 6.45) is 2.37. The number of amides is 2. The van der Waals surface area contributed by atoms with Gasteiger partial charge in [-0.15, -0.1) is 0 Å². The lowest BCUT2D eigenvalue weighted by molar-refractivity contribution is -0.141. The first-order valence-electron chi connectivity index (χ1n) is 14.6. The van der Waals surface area contributed by atoms with Crippen LogP contribution in [-0.2, 0) is 32.6 Å². The molecule has 3 rings (SSSR count). The van der Waals surface area contributed by atoms with E-state index < -0.39 is 21.9 Å². The molecule has 2 unspecified atom stereocenters. The van der Waals surface area contributed by atoms with Gasteiger partial charge >= 0.3 is 0 Å². The van der Waals surface area contributed by atoms with Crippen LogP contribution < -0.4 is 14.4 Å². The summed E-state index contributed by atoms with van der Waals surface area (Å²) in [6.45, 7) is 6.41. The van der Waals surface area contributed by atoms with Crippen molar-refractivity contribution in [2.45, 2.75) is 65.1 Å². The van der Waals surface area contributed by atoms with E-state index >= 15 is 0 Å². The van der Waals surface area contributed by atoms with E-state index in [-0.39, 0.29) is 50.2 Å². The predicted molar refractivity (Wildman–Crippen MR) is 168 cm³/mol. The SMILES string of the molecule is CCOc1ccc(N(CCCC(=O)N(Cc2ccc(F)cc2)C(Cc2ccccc2)C(=O)NC(C)CC)S(C)(=O)=O)cc1. The van der Waals surface area contributed by atoms with Crippen molar-refractivity contribution in [1.82, 2.24) is 10.2 Å². The Hall–Kier alpha value is -3.92. The number of halogens is 1. The number of nitrogens with zero attached hydrogens (tertiary/aromatic N) is 2. The molecule has 0 fully saturated rings. The maximum atomic E-state index is 13.9. The second-order valence-corrected chi connectivity index (χ2v) is 12.4. The number of rotatable bonds is 16. The molecule has 0 aliphatic carbocycles. The molecule has 0 heterocycles. The van der Waals surface area contributed by atoms with Crippen LogP contribution in [0.5, 0.6) is 5.75 Å². The average Bonchev–Trinajstić information content (AvgIpc) is 2.98. The van der Waals surface area contributed by atoms with Gasteiger partial charge in [0.05, 0.1) is 18.6 Å². The number of carbonyl (C=O) groups is 2. The number of carbonyl (C=O) groups excluding carboxylic acids is 2. The first-order chi connectivity index (χ1) is 20.5. The summed E-state index contributed by atoms with van der Waals surface area (Å²) in [5, 5.41) is 3.02. The third-order valence-corrected chi connectivity index (χ3v) is 8.32. The molecular formula is C33H42FN3O5S. The third-order valence-electron chi connectivity index (χ3n) is 7.13. The monoisotopic (exact) mass is 611 g/mol. The topological polar surface area (TPSA) is 96.0 Å². The molecule has 0 saturated heterocycles. The van der Waals surface area contributed by atoms with Crippen LogP contribution in [0.1, 0.15) is 51.2 Å². The highest BCUT2D eigenvalue weighted by atomic mass is 32.2. The quantitative estimate of drug-likeness (QED) is 0.236. The summed E-state index contributed by atoms with van der Waals surface area (Å²) in [5.74, 6) is -0.343. The van der Waals surface area contributed by atoms with E-state index in [1.54, 1.807) is 36.4 Å². The minimum absolute atomic E-state index is 0.00610. The van der Waals surface area contributed by atoms with Gasteiger partial charge in [-0.2, -0.15) is 0 Å². The van der Waals surface area contributed by atoms with Crippen LogP contribution in [0.4, 0.5) is 10.1 Å². The maximum Gasteiger partial charge on any atom is 0.243 e. The number of hydrogen-bond acceptors (Lipinski definition) is 5. The molecule has 0 bridgehead atoms. The Bertz CT molecular complexity index is 1420. The molecule has 0 saturated carbocycles. The fourth-order valence-corrected chi connectivity index (χ4v) is 5.63. The molecule has 43 heavy (non-hydrogen) atoms. The van der Waals surface area contributed by atoms with Gasteiger partial charge in [0.1, 0.15) is 17.6 Å². The fraction of sp³-hybridized carbons (Fsp3) is 0.394. The summed E-state index contributed by atoms with van der Waals surface area (Å²) < 4.78 is 45.7. The van der Waals surface area contributed by atoms with Gasteiger partial charge in [-0.25, -0.2) is 12.8 Å². The molecular weight excluding hydrogens is 569 g/mol. The maximum absolute atomic E-state index is 13.9.